The molecule has 1 atom stereocenters. The Kier molecular flexibility index (Phi) is 5.40. The molecule has 30 heavy (non-hydrogen) atoms. The van der Waals surface area contributed by atoms with Gasteiger partial charge in [0.05, 0.1) is 6.61 Å². The van der Waals surface area contributed by atoms with Crippen LogP contribution in [0, 0.1) is 0 Å². The summed E-state index contributed by atoms with van der Waals surface area (Å²) in [7, 11) is 0. The average Bonchev–Trinajstić information content (AvgIpc) is 2.74. The second-order valence-corrected chi connectivity index (χ2v) is 7.54. The summed E-state index contributed by atoms with van der Waals surface area (Å²) in [6, 6.07) is 14.3. The predicted molar refractivity (Wildman–Crippen MR) is 113 cm³/mol. The number of rotatable bonds is 5. The van der Waals surface area contributed by atoms with Crippen molar-refractivity contribution in [1.29, 1.82) is 0 Å². The van der Waals surface area contributed by atoms with Gasteiger partial charge in [-0.1, -0.05) is 12.1 Å². The van der Waals surface area contributed by atoms with Gasteiger partial charge < -0.3 is 10.5 Å². The molecule has 0 fully saturated rings. The summed E-state index contributed by atoms with van der Waals surface area (Å²) in [5.74, 6) is 0.0335. The van der Waals surface area contributed by atoms with Crippen LogP contribution in [0.5, 0.6) is 5.75 Å². The lowest BCUT2D eigenvalue weighted by Crippen LogP contribution is -2.40. The van der Waals surface area contributed by atoms with Crippen molar-refractivity contribution in [1.82, 2.24) is 0 Å². The fourth-order valence-corrected chi connectivity index (χ4v) is 4.32. The van der Waals surface area contributed by atoms with Crippen molar-refractivity contribution >= 4 is 23.3 Å². The molecule has 0 radical (unpaired) electrons. The minimum Gasteiger partial charge on any atom is -0.494 e. The van der Waals surface area contributed by atoms with E-state index < -0.39 is 5.91 Å². The van der Waals surface area contributed by atoms with Gasteiger partial charge in [0.25, 0.3) is 0 Å². The Morgan fingerprint density at radius 3 is 2.40 bits per heavy atom. The molecule has 2 N–H and O–H groups in total. The van der Waals surface area contributed by atoms with E-state index in [0.29, 0.717) is 30.7 Å². The molecule has 2 aliphatic rings. The van der Waals surface area contributed by atoms with Crippen molar-refractivity contribution in [2.75, 3.05) is 11.5 Å². The third-order valence-corrected chi connectivity index (χ3v) is 5.68. The Morgan fingerprint density at radius 2 is 1.77 bits per heavy atom. The Hall–Kier alpha value is -3.41. The highest BCUT2D eigenvalue weighted by atomic mass is 16.5. The van der Waals surface area contributed by atoms with Crippen LogP contribution < -0.4 is 15.4 Å². The first-order valence-corrected chi connectivity index (χ1v) is 10.2. The van der Waals surface area contributed by atoms with Crippen LogP contribution in [0.1, 0.15) is 54.4 Å². The number of primary amides is 1. The van der Waals surface area contributed by atoms with E-state index in [9.17, 15) is 14.4 Å². The molecule has 0 bridgehead atoms. The molecule has 1 unspecified atom stereocenters. The number of nitrogens with zero attached hydrogens (tertiary/aromatic N) is 1. The molecule has 2 aromatic rings. The number of hydrogen-bond acceptors (Lipinski definition) is 4. The van der Waals surface area contributed by atoms with Gasteiger partial charge in [0, 0.05) is 41.3 Å². The third-order valence-electron chi connectivity index (χ3n) is 5.68. The van der Waals surface area contributed by atoms with Gasteiger partial charge in [0.1, 0.15) is 5.75 Å². The first-order valence-electron chi connectivity index (χ1n) is 10.2. The lowest BCUT2D eigenvalue weighted by molar-refractivity contribution is -0.119. The number of ketones is 1. The maximum atomic E-state index is 13.2. The topological polar surface area (TPSA) is 89.7 Å². The van der Waals surface area contributed by atoms with Gasteiger partial charge in [0.2, 0.25) is 11.8 Å². The summed E-state index contributed by atoms with van der Waals surface area (Å²) >= 11 is 0. The molecule has 6 heteroatoms. The second kappa shape index (κ2) is 8.14. The maximum absolute atomic E-state index is 13.2. The van der Waals surface area contributed by atoms with E-state index in [-0.39, 0.29) is 24.0 Å². The van der Waals surface area contributed by atoms with Crippen LogP contribution in [0.15, 0.2) is 59.8 Å². The van der Waals surface area contributed by atoms with Crippen molar-refractivity contribution in [3.05, 3.63) is 70.9 Å². The number of carbonyl (C=O) groups is 3. The van der Waals surface area contributed by atoms with E-state index in [1.165, 1.54) is 0 Å². The van der Waals surface area contributed by atoms with Crippen molar-refractivity contribution in [3.8, 4) is 5.75 Å². The Morgan fingerprint density at radius 1 is 1.07 bits per heavy atom. The quantitative estimate of drug-likeness (QED) is 0.823. The molecular formula is C24H24N2O4. The molecule has 1 aliphatic carbocycles. The van der Waals surface area contributed by atoms with Gasteiger partial charge in [-0.15, -0.1) is 0 Å². The van der Waals surface area contributed by atoms with Crippen molar-refractivity contribution in [2.24, 2.45) is 5.73 Å². The van der Waals surface area contributed by atoms with Gasteiger partial charge in [-0.2, -0.15) is 0 Å². The highest BCUT2D eigenvalue weighted by molar-refractivity contribution is 6.07. The minimum absolute atomic E-state index is 0.0610. The summed E-state index contributed by atoms with van der Waals surface area (Å²) in [5, 5.41) is 0. The highest BCUT2D eigenvalue weighted by Gasteiger charge is 2.39. The third kappa shape index (κ3) is 3.61. The molecule has 2 amide bonds. The number of nitrogens with two attached hydrogens (primary N) is 1. The monoisotopic (exact) mass is 404 g/mol. The lowest BCUT2D eigenvalue weighted by atomic mass is 9.77. The minimum atomic E-state index is -0.519. The van der Waals surface area contributed by atoms with Gasteiger partial charge in [-0.05, 0) is 61.7 Å². The second-order valence-electron chi connectivity index (χ2n) is 7.54. The van der Waals surface area contributed by atoms with Crippen molar-refractivity contribution < 1.29 is 19.1 Å². The summed E-state index contributed by atoms with van der Waals surface area (Å²) in [6.07, 6.45) is 2.10. The number of benzene rings is 2. The van der Waals surface area contributed by atoms with Crippen LogP contribution in [0.25, 0.3) is 0 Å². The first-order chi connectivity index (χ1) is 14.5. The van der Waals surface area contributed by atoms with Gasteiger partial charge in [-0.25, -0.2) is 0 Å². The summed E-state index contributed by atoms with van der Waals surface area (Å²) < 4.78 is 5.51. The Bertz CT molecular complexity index is 1020. The fourth-order valence-electron chi connectivity index (χ4n) is 4.32. The zero-order valence-electron chi connectivity index (χ0n) is 16.9. The molecule has 1 aliphatic heterocycles. The van der Waals surface area contributed by atoms with E-state index >= 15 is 0 Å². The van der Waals surface area contributed by atoms with E-state index in [2.05, 4.69) is 0 Å². The molecule has 1 heterocycles. The Balaban J connectivity index is 1.75. The molecule has 4 rings (SSSR count). The maximum Gasteiger partial charge on any atom is 0.248 e. The van der Waals surface area contributed by atoms with Crippen molar-refractivity contribution in [3.63, 3.8) is 0 Å². The summed E-state index contributed by atoms with van der Waals surface area (Å²) in [5.41, 5.74) is 8.79. The van der Waals surface area contributed by atoms with Gasteiger partial charge in [-0.3, -0.25) is 19.3 Å². The molecular weight excluding hydrogens is 380 g/mol. The van der Waals surface area contributed by atoms with Crippen molar-refractivity contribution in [2.45, 2.75) is 38.5 Å². The highest BCUT2D eigenvalue weighted by Crippen LogP contribution is 2.43. The predicted octanol–water partition coefficient (Wildman–Crippen LogP) is 3.71. The molecule has 0 aromatic heterocycles. The number of ether oxygens (including phenoxy) is 1. The summed E-state index contributed by atoms with van der Waals surface area (Å²) in [4.78, 5) is 39.1. The largest absolute Gasteiger partial charge is 0.494 e. The van der Waals surface area contributed by atoms with E-state index in [1.54, 1.807) is 29.2 Å². The molecule has 0 saturated carbocycles. The SMILES string of the molecule is CCOc1ccc(C2CC(=O)N(c3ccc(C(N)=O)cc3)C3=C2C(=O)CCC3)cc1. The molecule has 0 saturated heterocycles. The van der Waals surface area contributed by atoms with Crippen LogP contribution in [-0.4, -0.2) is 24.2 Å². The van der Waals surface area contributed by atoms with E-state index in [0.717, 1.165) is 29.0 Å². The number of hydrogen-bond donors (Lipinski definition) is 1. The average molecular weight is 404 g/mol. The molecule has 154 valence electrons. The zero-order valence-corrected chi connectivity index (χ0v) is 16.9. The van der Waals surface area contributed by atoms with Crippen LogP contribution >= 0.6 is 0 Å². The zero-order chi connectivity index (χ0) is 21.3. The molecule has 0 spiro atoms. The van der Waals surface area contributed by atoms with Crippen LogP contribution in [0.4, 0.5) is 5.69 Å². The number of allylic oxidation sites excluding steroid dienone is 2. The van der Waals surface area contributed by atoms with E-state index in [1.807, 2.05) is 31.2 Å². The van der Waals surface area contributed by atoms with Gasteiger partial charge >= 0.3 is 0 Å². The fraction of sp³-hybridized carbons (Fsp3) is 0.292. The number of anilines is 1. The van der Waals surface area contributed by atoms with Crippen LogP contribution in [0.3, 0.4) is 0 Å². The Labute approximate surface area is 175 Å². The van der Waals surface area contributed by atoms with E-state index in [4.69, 9.17) is 10.5 Å². The summed E-state index contributed by atoms with van der Waals surface area (Å²) in [6.45, 7) is 2.51. The molecule has 6 nitrogen and oxygen atoms in total. The molecule has 2 aromatic carbocycles. The van der Waals surface area contributed by atoms with Crippen LogP contribution in [0.2, 0.25) is 0 Å². The number of carbonyl (C=O) groups excluding carboxylic acids is 3. The number of Topliss-reactive ketones (excluding diaryl/α,β-unsaturated/α-hetero) is 1. The first kappa shape index (κ1) is 19.9. The number of amides is 2. The van der Waals surface area contributed by atoms with Crippen LogP contribution in [-0.2, 0) is 9.59 Å². The standard InChI is InChI=1S/C24H24N2O4/c1-2-30-18-12-8-15(9-13-18)19-14-22(28)26(20-4-3-5-21(27)23(19)20)17-10-6-16(7-11-17)24(25)29/h6-13,19H,2-5,14H2,1H3,(H2,25,29). The van der Waals surface area contributed by atoms with Gasteiger partial charge in [0.15, 0.2) is 5.78 Å². The normalized spacial score (nSPS) is 19.0. The smallest absolute Gasteiger partial charge is 0.248 e. The lowest BCUT2D eigenvalue weighted by Gasteiger charge is -2.38.